The monoisotopic (exact) mass is 192 g/mol. The second kappa shape index (κ2) is 4.11. The van der Waals surface area contributed by atoms with E-state index in [1.807, 2.05) is 0 Å². The molecule has 0 aromatic heterocycles. The smallest absolute Gasteiger partial charge is 0.0849 e. The second-order valence-electron chi connectivity index (χ2n) is 3.95. The summed E-state index contributed by atoms with van der Waals surface area (Å²) in [7, 11) is 0. The maximum absolute atomic E-state index is 9.52. The third kappa shape index (κ3) is 2.14. The normalized spacial score (nSPS) is 27.6. The second-order valence-corrected chi connectivity index (χ2v) is 3.95. The first-order chi connectivity index (χ1) is 6.75. The lowest BCUT2D eigenvalue weighted by atomic mass is 9.99. The highest BCUT2D eigenvalue weighted by Gasteiger charge is 2.21. The highest BCUT2D eigenvalue weighted by molar-refractivity contribution is 5.23. The highest BCUT2D eigenvalue weighted by atomic mass is 16.5. The molecule has 0 aliphatic carbocycles. The molecule has 0 spiro atoms. The van der Waals surface area contributed by atoms with Gasteiger partial charge in [0, 0.05) is 13.0 Å². The Bertz CT molecular complexity index is 292. The Morgan fingerprint density at radius 3 is 2.64 bits per heavy atom. The average Bonchev–Trinajstić information content (AvgIpc) is 2.19. The van der Waals surface area contributed by atoms with Crippen molar-refractivity contribution in [1.82, 2.24) is 0 Å². The first-order valence-electron chi connectivity index (χ1n) is 5.12. The minimum absolute atomic E-state index is 0.0827. The van der Waals surface area contributed by atoms with Crippen LogP contribution < -0.4 is 0 Å². The van der Waals surface area contributed by atoms with Crippen molar-refractivity contribution in [3.63, 3.8) is 0 Å². The van der Waals surface area contributed by atoms with Crippen LogP contribution in [0, 0.1) is 6.92 Å². The van der Waals surface area contributed by atoms with E-state index in [2.05, 4.69) is 31.2 Å². The maximum atomic E-state index is 9.52. The zero-order valence-electron chi connectivity index (χ0n) is 8.44. The Kier molecular flexibility index (Phi) is 2.85. The summed E-state index contributed by atoms with van der Waals surface area (Å²) < 4.78 is 5.61. The van der Waals surface area contributed by atoms with Crippen LogP contribution >= 0.6 is 0 Å². The summed E-state index contributed by atoms with van der Waals surface area (Å²) in [5, 5.41) is 9.52. The van der Waals surface area contributed by atoms with Crippen LogP contribution in [-0.2, 0) is 4.74 Å². The molecule has 0 saturated carbocycles. The van der Waals surface area contributed by atoms with Crippen molar-refractivity contribution in [2.45, 2.75) is 32.0 Å². The first kappa shape index (κ1) is 9.69. The zero-order chi connectivity index (χ0) is 9.97. The van der Waals surface area contributed by atoms with Gasteiger partial charge < -0.3 is 9.84 Å². The van der Waals surface area contributed by atoms with Crippen LogP contribution in [0.25, 0.3) is 0 Å². The molecule has 0 amide bonds. The van der Waals surface area contributed by atoms with Crippen molar-refractivity contribution in [3.8, 4) is 0 Å². The van der Waals surface area contributed by atoms with E-state index < -0.39 is 0 Å². The molecule has 0 bridgehead atoms. The molecule has 14 heavy (non-hydrogen) atoms. The van der Waals surface area contributed by atoms with Crippen LogP contribution in [0.4, 0.5) is 0 Å². The minimum atomic E-state index is -0.199. The van der Waals surface area contributed by atoms with E-state index in [0.29, 0.717) is 6.61 Å². The van der Waals surface area contributed by atoms with Crippen LogP contribution in [0.1, 0.15) is 30.1 Å². The largest absolute Gasteiger partial charge is 0.393 e. The van der Waals surface area contributed by atoms with Crippen molar-refractivity contribution >= 4 is 0 Å². The molecule has 1 fully saturated rings. The molecule has 1 N–H and O–H groups in total. The first-order valence-corrected chi connectivity index (χ1v) is 5.12. The molecule has 1 aliphatic heterocycles. The minimum Gasteiger partial charge on any atom is -0.393 e. The van der Waals surface area contributed by atoms with E-state index >= 15 is 0 Å². The summed E-state index contributed by atoms with van der Waals surface area (Å²) in [5.74, 6) is 0. The van der Waals surface area contributed by atoms with Gasteiger partial charge in [-0.15, -0.1) is 0 Å². The lowest BCUT2D eigenvalue weighted by Crippen LogP contribution is -2.23. The third-order valence-corrected chi connectivity index (χ3v) is 2.71. The van der Waals surface area contributed by atoms with Gasteiger partial charge in [0.1, 0.15) is 0 Å². The molecule has 1 saturated heterocycles. The summed E-state index contributed by atoms with van der Waals surface area (Å²) >= 11 is 0. The molecule has 1 aromatic rings. The van der Waals surface area contributed by atoms with E-state index in [1.54, 1.807) is 0 Å². The number of hydrogen-bond acceptors (Lipinski definition) is 2. The van der Waals surface area contributed by atoms with Gasteiger partial charge in [0.05, 0.1) is 12.2 Å². The molecular formula is C12H16O2. The van der Waals surface area contributed by atoms with Crippen molar-refractivity contribution < 1.29 is 9.84 Å². The van der Waals surface area contributed by atoms with Crippen molar-refractivity contribution in [2.24, 2.45) is 0 Å². The van der Waals surface area contributed by atoms with Crippen LogP contribution in [0.2, 0.25) is 0 Å². The molecule has 1 heterocycles. The van der Waals surface area contributed by atoms with Gasteiger partial charge in [-0.2, -0.15) is 0 Å². The van der Waals surface area contributed by atoms with Gasteiger partial charge in [-0.25, -0.2) is 0 Å². The fourth-order valence-corrected chi connectivity index (χ4v) is 1.79. The number of aryl methyl sites for hydroxylation is 1. The zero-order valence-corrected chi connectivity index (χ0v) is 8.44. The van der Waals surface area contributed by atoms with Gasteiger partial charge in [-0.1, -0.05) is 29.8 Å². The lowest BCUT2D eigenvalue weighted by molar-refractivity contribution is -0.0447. The fraction of sp³-hybridized carbons (Fsp3) is 0.500. The topological polar surface area (TPSA) is 29.5 Å². The van der Waals surface area contributed by atoms with Crippen molar-refractivity contribution in [3.05, 3.63) is 35.4 Å². The van der Waals surface area contributed by atoms with Crippen LogP contribution in [0.3, 0.4) is 0 Å². The highest BCUT2D eigenvalue weighted by Crippen LogP contribution is 2.27. The van der Waals surface area contributed by atoms with Gasteiger partial charge in [0.25, 0.3) is 0 Å². The summed E-state index contributed by atoms with van der Waals surface area (Å²) in [6.07, 6.45) is 1.38. The summed E-state index contributed by atoms with van der Waals surface area (Å²) in [4.78, 5) is 0. The van der Waals surface area contributed by atoms with Crippen LogP contribution in [-0.4, -0.2) is 17.8 Å². The van der Waals surface area contributed by atoms with E-state index in [9.17, 15) is 5.11 Å². The van der Waals surface area contributed by atoms with Gasteiger partial charge in [-0.3, -0.25) is 0 Å². The predicted molar refractivity (Wildman–Crippen MR) is 55.1 cm³/mol. The Labute approximate surface area is 84.5 Å². The van der Waals surface area contributed by atoms with E-state index in [4.69, 9.17) is 4.74 Å². The fourth-order valence-electron chi connectivity index (χ4n) is 1.79. The van der Waals surface area contributed by atoms with E-state index in [1.165, 1.54) is 11.1 Å². The van der Waals surface area contributed by atoms with E-state index in [-0.39, 0.29) is 12.2 Å². The van der Waals surface area contributed by atoms with E-state index in [0.717, 1.165) is 12.8 Å². The number of aliphatic hydroxyl groups excluding tert-OH is 1. The molecule has 76 valence electrons. The van der Waals surface area contributed by atoms with Gasteiger partial charge in [-0.05, 0) is 18.9 Å². The van der Waals surface area contributed by atoms with Crippen molar-refractivity contribution in [2.75, 3.05) is 6.61 Å². The Balaban J connectivity index is 2.10. The van der Waals surface area contributed by atoms with Crippen LogP contribution in [0.15, 0.2) is 24.3 Å². The predicted octanol–water partition coefficient (Wildman–Crippen LogP) is 2.21. The average molecular weight is 192 g/mol. The molecule has 1 aromatic carbocycles. The molecule has 2 atom stereocenters. The molecule has 0 radical (unpaired) electrons. The van der Waals surface area contributed by atoms with Gasteiger partial charge in [0.2, 0.25) is 0 Å². The third-order valence-electron chi connectivity index (χ3n) is 2.71. The number of aliphatic hydroxyl groups is 1. The molecule has 2 heteroatoms. The summed E-state index contributed by atoms with van der Waals surface area (Å²) in [6.45, 7) is 2.74. The number of ether oxygens (including phenoxy) is 1. The quantitative estimate of drug-likeness (QED) is 0.739. The number of rotatable bonds is 1. The molecule has 0 unspecified atom stereocenters. The summed E-state index contributed by atoms with van der Waals surface area (Å²) in [6, 6.07) is 8.33. The van der Waals surface area contributed by atoms with Crippen LogP contribution in [0.5, 0.6) is 0 Å². The number of hydrogen-bond donors (Lipinski definition) is 1. The molecular weight excluding hydrogens is 176 g/mol. The molecule has 2 nitrogen and oxygen atoms in total. The Hall–Kier alpha value is -0.860. The maximum Gasteiger partial charge on any atom is 0.0849 e. The number of benzene rings is 1. The Morgan fingerprint density at radius 2 is 2.00 bits per heavy atom. The standard InChI is InChI=1S/C12H16O2/c1-9-2-4-10(5-3-9)12-8-11(13)6-7-14-12/h2-5,11-13H,6-8H2,1H3/t11-,12-/m0/s1. The molecule has 1 aliphatic rings. The SMILES string of the molecule is Cc1ccc([C@@H]2C[C@@H](O)CCO2)cc1. The lowest BCUT2D eigenvalue weighted by Gasteiger charge is -2.26. The Morgan fingerprint density at radius 1 is 1.29 bits per heavy atom. The van der Waals surface area contributed by atoms with Gasteiger partial charge >= 0.3 is 0 Å². The van der Waals surface area contributed by atoms with Crippen molar-refractivity contribution in [1.29, 1.82) is 0 Å². The molecule has 2 rings (SSSR count). The summed E-state index contributed by atoms with van der Waals surface area (Å²) in [5.41, 5.74) is 2.43. The van der Waals surface area contributed by atoms with Gasteiger partial charge in [0.15, 0.2) is 0 Å².